The van der Waals surface area contributed by atoms with Gasteiger partial charge in [0, 0.05) is 30.2 Å². The van der Waals surface area contributed by atoms with Crippen molar-refractivity contribution >= 4 is 11.3 Å². The van der Waals surface area contributed by atoms with E-state index in [9.17, 15) is 0 Å². The van der Waals surface area contributed by atoms with Crippen molar-refractivity contribution in [1.82, 2.24) is 15.6 Å². The van der Waals surface area contributed by atoms with E-state index in [-0.39, 0.29) is 0 Å². The quantitative estimate of drug-likeness (QED) is 0.844. The molecule has 16 heavy (non-hydrogen) atoms. The first-order valence-corrected chi connectivity index (χ1v) is 7.07. The van der Waals surface area contributed by atoms with Crippen LogP contribution in [0.15, 0.2) is 5.38 Å². The van der Waals surface area contributed by atoms with Crippen molar-refractivity contribution < 1.29 is 0 Å². The van der Waals surface area contributed by atoms with Gasteiger partial charge in [-0.3, -0.25) is 0 Å². The number of aryl methyl sites for hydroxylation is 1. The molecule has 1 aromatic heterocycles. The van der Waals surface area contributed by atoms with Crippen LogP contribution >= 0.6 is 11.3 Å². The summed E-state index contributed by atoms with van der Waals surface area (Å²) in [4.78, 5) is 4.45. The Morgan fingerprint density at radius 2 is 2.44 bits per heavy atom. The van der Waals surface area contributed by atoms with Gasteiger partial charge >= 0.3 is 0 Å². The zero-order chi connectivity index (χ0) is 11.2. The molecule has 1 fully saturated rings. The van der Waals surface area contributed by atoms with Gasteiger partial charge in [-0.2, -0.15) is 0 Å². The highest BCUT2D eigenvalue weighted by atomic mass is 32.1. The van der Waals surface area contributed by atoms with Crippen LogP contribution in [0.25, 0.3) is 0 Å². The van der Waals surface area contributed by atoms with E-state index in [1.165, 1.54) is 37.2 Å². The monoisotopic (exact) mass is 239 g/mol. The molecular formula is C12H21N3S. The van der Waals surface area contributed by atoms with Gasteiger partial charge in [-0.1, -0.05) is 12.8 Å². The van der Waals surface area contributed by atoms with Crippen LogP contribution in [0.4, 0.5) is 0 Å². The number of hydrogen-bond donors (Lipinski definition) is 2. The van der Waals surface area contributed by atoms with Crippen molar-refractivity contribution in [2.45, 2.75) is 45.2 Å². The van der Waals surface area contributed by atoms with Crippen molar-refractivity contribution in [2.24, 2.45) is 0 Å². The maximum Gasteiger partial charge on any atom is 0.107 e. The maximum absolute atomic E-state index is 4.45. The largest absolute Gasteiger partial charge is 0.313 e. The van der Waals surface area contributed by atoms with Gasteiger partial charge in [0.05, 0.1) is 0 Å². The molecule has 2 heterocycles. The van der Waals surface area contributed by atoms with E-state index < -0.39 is 0 Å². The Bertz CT molecular complexity index is 303. The van der Waals surface area contributed by atoms with Gasteiger partial charge in [0.1, 0.15) is 5.01 Å². The molecule has 4 heteroatoms. The standard InChI is InChI=1S/C12H21N3S/c1-10-9-16-12(15-10)8-13-7-11-5-3-2-4-6-14-11/h9,11,13-14H,2-8H2,1H3. The summed E-state index contributed by atoms with van der Waals surface area (Å²) in [6.45, 7) is 5.21. The highest BCUT2D eigenvalue weighted by molar-refractivity contribution is 7.09. The summed E-state index contributed by atoms with van der Waals surface area (Å²) in [5.74, 6) is 0. The Morgan fingerprint density at radius 3 is 3.25 bits per heavy atom. The first kappa shape index (κ1) is 12.0. The van der Waals surface area contributed by atoms with Crippen LogP contribution < -0.4 is 10.6 Å². The third kappa shape index (κ3) is 3.85. The molecule has 0 aliphatic carbocycles. The fraction of sp³-hybridized carbons (Fsp3) is 0.750. The van der Waals surface area contributed by atoms with Crippen LogP contribution in [0.1, 0.15) is 36.4 Å². The molecule has 90 valence electrons. The van der Waals surface area contributed by atoms with E-state index in [4.69, 9.17) is 0 Å². The van der Waals surface area contributed by atoms with Crippen molar-refractivity contribution in [3.63, 3.8) is 0 Å². The molecule has 0 bridgehead atoms. The molecule has 1 aliphatic rings. The SMILES string of the molecule is Cc1csc(CNCC2CCCCCN2)n1. The predicted octanol–water partition coefficient (Wildman–Crippen LogP) is 2.07. The van der Waals surface area contributed by atoms with E-state index >= 15 is 0 Å². The summed E-state index contributed by atoms with van der Waals surface area (Å²) in [5.41, 5.74) is 1.13. The molecule has 2 rings (SSSR count). The lowest BCUT2D eigenvalue weighted by atomic mass is 10.1. The molecule has 1 atom stereocenters. The third-order valence-electron chi connectivity index (χ3n) is 3.00. The van der Waals surface area contributed by atoms with E-state index in [0.717, 1.165) is 18.8 Å². The molecule has 0 saturated carbocycles. The highest BCUT2D eigenvalue weighted by Gasteiger charge is 2.10. The van der Waals surface area contributed by atoms with Gasteiger partial charge in [0.2, 0.25) is 0 Å². The van der Waals surface area contributed by atoms with Crippen molar-refractivity contribution in [3.8, 4) is 0 Å². The second-order valence-corrected chi connectivity index (χ2v) is 5.46. The Kier molecular flexibility index (Phi) is 4.75. The molecule has 2 N–H and O–H groups in total. The Labute approximate surface area is 102 Å². The molecule has 0 aromatic carbocycles. The van der Waals surface area contributed by atoms with Gasteiger partial charge < -0.3 is 10.6 Å². The third-order valence-corrected chi connectivity index (χ3v) is 3.96. The smallest absolute Gasteiger partial charge is 0.107 e. The van der Waals surface area contributed by atoms with Crippen LogP contribution in [-0.2, 0) is 6.54 Å². The first-order chi connectivity index (χ1) is 7.84. The number of hydrogen-bond acceptors (Lipinski definition) is 4. The zero-order valence-electron chi connectivity index (χ0n) is 9.96. The number of nitrogens with zero attached hydrogens (tertiary/aromatic N) is 1. The van der Waals surface area contributed by atoms with Crippen LogP contribution in [0.2, 0.25) is 0 Å². The van der Waals surface area contributed by atoms with Crippen LogP contribution in [0.5, 0.6) is 0 Å². The molecule has 3 nitrogen and oxygen atoms in total. The van der Waals surface area contributed by atoms with E-state index in [1.807, 2.05) is 6.92 Å². The van der Waals surface area contributed by atoms with E-state index in [1.54, 1.807) is 11.3 Å². The van der Waals surface area contributed by atoms with Gasteiger partial charge in [0.25, 0.3) is 0 Å². The predicted molar refractivity (Wildman–Crippen MR) is 68.8 cm³/mol. The normalized spacial score (nSPS) is 21.9. The molecular weight excluding hydrogens is 218 g/mol. The fourth-order valence-electron chi connectivity index (χ4n) is 2.11. The summed E-state index contributed by atoms with van der Waals surface area (Å²) in [7, 11) is 0. The Balaban J connectivity index is 1.67. The molecule has 1 aliphatic heterocycles. The summed E-state index contributed by atoms with van der Waals surface area (Å²) in [6.07, 6.45) is 5.40. The highest BCUT2D eigenvalue weighted by Crippen LogP contribution is 2.09. The molecule has 0 amide bonds. The Morgan fingerprint density at radius 1 is 1.50 bits per heavy atom. The minimum absolute atomic E-state index is 0.656. The molecule has 0 spiro atoms. The lowest BCUT2D eigenvalue weighted by molar-refractivity contribution is 0.470. The number of rotatable bonds is 4. The van der Waals surface area contributed by atoms with Crippen LogP contribution in [0, 0.1) is 6.92 Å². The summed E-state index contributed by atoms with van der Waals surface area (Å²) < 4.78 is 0. The minimum atomic E-state index is 0.656. The fourth-order valence-corrected chi connectivity index (χ4v) is 2.85. The second-order valence-electron chi connectivity index (χ2n) is 4.51. The number of thiazole rings is 1. The molecule has 1 aromatic rings. The lowest BCUT2D eigenvalue weighted by Crippen LogP contribution is -2.37. The van der Waals surface area contributed by atoms with Gasteiger partial charge in [-0.05, 0) is 26.3 Å². The lowest BCUT2D eigenvalue weighted by Gasteiger charge is -2.15. The van der Waals surface area contributed by atoms with Gasteiger partial charge in [0.15, 0.2) is 0 Å². The molecule has 1 unspecified atom stereocenters. The maximum atomic E-state index is 4.45. The van der Waals surface area contributed by atoms with Crippen molar-refractivity contribution in [3.05, 3.63) is 16.1 Å². The van der Waals surface area contributed by atoms with Crippen molar-refractivity contribution in [1.29, 1.82) is 0 Å². The zero-order valence-corrected chi connectivity index (χ0v) is 10.8. The molecule has 0 radical (unpaired) electrons. The van der Waals surface area contributed by atoms with Crippen molar-refractivity contribution in [2.75, 3.05) is 13.1 Å². The summed E-state index contributed by atoms with van der Waals surface area (Å²) >= 11 is 1.75. The number of nitrogens with one attached hydrogen (secondary N) is 2. The topological polar surface area (TPSA) is 37.0 Å². The number of aromatic nitrogens is 1. The summed E-state index contributed by atoms with van der Waals surface area (Å²) in [5, 5.41) is 10.4. The van der Waals surface area contributed by atoms with Gasteiger partial charge in [-0.25, -0.2) is 4.98 Å². The summed E-state index contributed by atoms with van der Waals surface area (Å²) in [6, 6.07) is 0.656. The average Bonchev–Trinajstić information content (AvgIpc) is 2.54. The second kappa shape index (κ2) is 6.33. The Hall–Kier alpha value is -0.450. The molecule has 1 saturated heterocycles. The minimum Gasteiger partial charge on any atom is -0.313 e. The van der Waals surface area contributed by atoms with Crippen LogP contribution in [0.3, 0.4) is 0 Å². The first-order valence-electron chi connectivity index (χ1n) is 6.20. The van der Waals surface area contributed by atoms with Gasteiger partial charge in [-0.15, -0.1) is 11.3 Å². The van der Waals surface area contributed by atoms with Crippen LogP contribution in [-0.4, -0.2) is 24.1 Å². The van der Waals surface area contributed by atoms with E-state index in [0.29, 0.717) is 6.04 Å². The average molecular weight is 239 g/mol. The van der Waals surface area contributed by atoms with E-state index in [2.05, 4.69) is 21.0 Å².